The van der Waals surface area contributed by atoms with Crippen LogP contribution in [0, 0.1) is 0 Å². The lowest BCUT2D eigenvalue weighted by Gasteiger charge is -2.34. The highest BCUT2D eigenvalue weighted by Gasteiger charge is 2.34. The molecule has 2 amide bonds. The van der Waals surface area contributed by atoms with E-state index in [9.17, 15) is 27.6 Å². The molecule has 3 aromatic rings. The molecule has 1 aliphatic heterocycles. The number of hydrogen-bond acceptors (Lipinski definition) is 7. The summed E-state index contributed by atoms with van der Waals surface area (Å²) in [4.78, 5) is 48.1. The van der Waals surface area contributed by atoms with Gasteiger partial charge >= 0.3 is 12.1 Å². The Hall–Kier alpha value is -4.68. The lowest BCUT2D eigenvalue weighted by molar-refractivity contribution is -0.137. The Bertz CT molecular complexity index is 1440. The van der Waals surface area contributed by atoms with Crippen molar-refractivity contribution in [3.63, 3.8) is 0 Å². The van der Waals surface area contributed by atoms with Crippen LogP contribution in [-0.4, -0.2) is 50.5 Å². The number of benzene rings is 1. The highest BCUT2D eigenvalue weighted by Crippen LogP contribution is 2.34. The number of anilines is 1. The first-order valence-corrected chi connectivity index (χ1v) is 12.5. The summed E-state index contributed by atoms with van der Waals surface area (Å²) in [6.45, 7) is 5.78. The SMILES string of the molecule is C=CC(=O)N1CCCC[C@H]1c1nc(-c2ccc(C(=O)Nc3cc(C(F)(F)F)ccn3)cc2)c(C(=O)OCC)n1N. The van der Waals surface area contributed by atoms with Crippen LogP contribution in [0.3, 0.4) is 0 Å². The summed E-state index contributed by atoms with van der Waals surface area (Å²) in [7, 11) is 0. The molecule has 40 heavy (non-hydrogen) atoms. The summed E-state index contributed by atoms with van der Waals surface area (Å²) in [5.74, 6) is 4.71. The van der Waals surface area contributed by atoms with Crippen LogP contribution in [0.5, 0.6) is 0 Å². The van der Waals surface area contributed by atoms with Gasteiger partial charge in [-0.3, -0.25) is 9.59 Å². The molecule has 1 fully saturated rings. The van der Waals surface area contributed by atoms with Gasteiger partial charge in [0.25, 0.3) is 5.91 Å². The Morgan fingerprint density at radius 2 is 1.93 bits per heavy atom. The number of piperidine rings is 1. The van der Waals surface area contributed by atoms with E-state index in [1.54, 1.807) is 11.8 Å². The van der Waals surface area contributed by atoms with Crippen LogP contribution in [-0.2, 0) is 15.7 Å². The number of likely N-dealkylation sites (tertiary alicyclic amines) is 1. The lowest BCUT2D eigenvalue weighted by atomic mass is 10.0. The quantitative estimate of drug-likeness (QED) is 0.251. The number of carbonyl (C=O) groups is 3. The smallest absolute Gasteiger partial charge is 0.416 e. The van der Waals surface area contributed by atoms with Crippen molar-refractivity contribution in [3.8, 4) is 11.3 Å². The molecule has 1 saturated heterocycles. The monoisotopic (exact) mass is 556 g/mol. The van der Waals surface area contributed by atoms with Crippen LogP contribution in [0.15, 0.2) is 55.3 Å². The molecule has 0 unspecified atom stereocenters. The number of alkyl halides is 3. The molecule has 0 radical (unpaired) electrons. The van der Waals surface area contributed by atoms with E-state index in [2.05, 4.69) is 21.9 Å². The number of halogens is 3. The van der Waals surface area contributed by atoms with Gasteiger partial charge in [0.15, 0.2) is 11.5 Å². The number of esters is 1. The van der Waals surface area contributed by atoms with Gasteiger partial charge in [-0.15, -0.1) is 0 Å². The number of imidazole rings is 1. The topological polar surface area (TPSA) is 132 Å². The van der Waals surface area contributed by atoms with Gasteiger partial charge in [-0.2, -0.15) is 13.2 Å². The second-order valence-corrected chi connectivity index (χ2v) is 8.96. The van der Waals surface area contributed by atoms with Gasteiger partial charge in [-0.1, -0.05) is 18.7 Å². The number of hydrogen-bond donors (Lipinski definition) is 2. The number of aromatic nitrogens is 3. The van der Waals surface area contributed by atoms with Crippen molar-refractivity contribution in [2.75, 3.05) is 24.3 Å². The van der Waals surface area contributed by atoms with Crippen LogP contribution in [0.2, 0.25) is 0 Å². The zero-order chi connectivity index (χ0) is 29.0. The van der Waals surface area contributed by atoms with Crippen LogP contribution in [0.1, 0.15) is 64.5 Å². The van der Waals surface area contributed by atoms with E-state index >= 15 is 0 Å². The van der Waals surface area contributed by atoms with Crippen LogP contribution < -0.4 is 11.2 Å². The molecule has 4 rings (SSSR count). The fraction of sp³-hybridized carbons (Fsp3) is 0.296. The minimum Gasteiger partial charge on any atom is -0.461 e. The number of nitrogens with two attached hydrogens (primary N) is 1. The summed E-state index contributed by atoms with van der Waals surface area (Å²) < 4.78 is 45.3. The van der Waals surface area contributed by atoms with E-state index in [1.807, 2.05) is 0 Å². The zero-order valence-electron chi connectivity index (χ0n) is 21.6. The predicted octanol–water partition coefficient (Wildman–Crippen LogP) is 4.35. The number of nitrogens with one attached hydrogen (secondary N) is 1. The van der Waals surface area contributed by atoms with Crippen molar-refractivity contribution in [2.45, 2.75) is 38.4 Å². The van der Waals surface area contributed by atoms with E-state index in [4.69, 9.17) is 10.6 Å². The first kappa shape index (κ1) is 28.3. The van der Waals surface area contributed by atoms with Crippen molar-refractivity contribution in [2.24, 2.45) is 0 Å². The summed E-state index contributed by atoms with van der Waals surface area (Å²) in [5.41, 5.74) is -0.222. The number of carbonyl (C=O) groups excluding carboxylic acids is 3. The molecule has 3 N–H and O–H groups in total. The number of nitrogen functional groups attached to an aromatic ring is 1. The van der Waals surface area contributed by atoms with E-state index < -0.39 is 29.7 Å². The van der Waals surface area contributed by atoms with Gasteiger partial charge in [0.2, 0.25) is 5.91 Å². The number of rotatable bonds is 7. The summed E-state index contributed by atoms with van der Waals surface area (Å²) in [5, 5.41) is 2.34. The molecule has 13 heteroatoms. The van der Waals surface area contributed by atoms with Crippen LogP contribution >= 0.6 is 0 Å². The second-order valence-electron chi connectivity index (χ2n) is 8.96. The first-order chi connectivity index (χ1) is 19.0. The molecule has 0 spiro atoms. The fourth-order valence-corrected chi connectivity index (χ4v) is 4.51. The maximum Gasteiger partial charge on any atom is 0.416 e. The third kappa shape index (κ3) is 5.82. The van der Waals surface area contributed by atoms with E-state index in [-0.39, 0.29) is 35.3 Å². The Morgan fingerprint density at radius 1 is 1.20 bits per heavy atom. The maximum atomic E-state index is 13.0. The van der Waals surface area contributed by atoms with Crippen LogP contribution in [0.4, 0.5) is 19.0 Å². The third-order valence-corrected chi connectivity index (χ3v) is 6.42. The molecule has 0 saturated carbocycles. The number of ether oxygens (including phenoxy) is 1. The average molecular weight is 557 g/mol. The van der Waals surface area contributed by atoms with Crippen molar-refractivity contribution in [1.82, 2.24) is 19.5 Å². The molecule has 0 aliphatic carbocycles. The van der Waals surface area contributed by atoms with E-state index in [1.165, 1.54) is 30.3 Å². The number of pyridine rings is 1. The predicted molar refractivity (Wildman–Crippen MR) is 139 cm³/mol. The van der Waals surface area contributed by atoms with Crippen molar-refractivity contribution in [3.05, 3.63) is 77.9 Å². The summed E-state index contributed by atoms with van der Waals surface area (Å²) in [6.07, 6.45) is -0.202. The average Bonchev–Trinajstić information content (AvgIpc) is 3.29. The molecular formula is C27H27F3N6O4. The van der Waals surface area contributed by atoms with Gasteiger partial charge in [0.1, 0.15) is 11.5 Å². The van der Waals surface area contributed by atoms with E-state index in [0.717, 1.165) is 35.8 Å². The second kappa shape index (κ2) is 11.6. The third-order valence-electron chi connectivity index (χ3n) is 6.42. The molecule has 210 valence electrons. The van der Waals surface area contributed by atoms with Crippen LogP contribution in [0.25, 0.3) is 11.3 Å². The fourth-order valence-electron chi connectivity index (χ4n) is 4.51. The lowest BCUT2D eigenvalue weighted by Crippen LogP contribution is -2.39. The van der Waals surface area contributed by atoms with E-state index in [0.29, 0.717) is 24.4 Å². The molecule has 1 aliphatic rings. The molecule has 3 heterocycles. The molecule has 10 nitrogen and oxygen atoms in total. The first-order valence-electron chi connectivity index (χ1n) is 12.5. The number of amides is 2. The molecule has 2 aromatic heterocycles. The minimum atomic E-state index is -4.58. The zero-order valence-corrected chi connectivity index (χ0v) is 21.6. The molecule has 1 aromatic carbocycles. The van der Waals surface area contributed by atoms with Crippen molar-refractivity contribution < 1.29 is 32.3 Å². The highest BCUT2D eigenvalue weighted by molar-refractivity contribution is 6.04. The Kier molecular flexibility index (Phi) is 8.21. The minimum absolute atomic E-state index is 0.0289. The molecule has 1 atom stereocenters. The van der Waals surface area contributed by atoms with Gasteiger partial charge in [0, 0.05) is 23.9 Å². The van der Waals surface area contributed by atoms with Crippen molar-refractivity contribution >= 4 is 23.6 Å². The standard InChI is InChI=1S/C27H27F3N6O4/c1-3-21(37)35-14-6-5-7-19(35)24-34-22(23(36(24)31)26(39)40-4-2)16-8-10-17(11-9-16)25(38)33-20-15-18(12-13-32-20)27(28,29)30/h3,8-13,15,19H,1,4-7,14,31H2,2H3,(H,32,33,38)/t19-/m0/s1. The largest absolute Gasteiger partial charge is 0.461 e. The molecule has 0 bridgehead atoms. The summed E-state index contributed by atoms with van der Waals surface area (Å²) in [6, 6.07) is 6.95. The van der Waals surface area contributed by atoms with Crippen molar-refractivity contribution in [1.29, 1.82) is 0 Å². The van der Waals surface area contributed by atoms with Gasteiger partial charge < -0.3 is 20.8 Å². The highest BCUT2D eigenvalue weighted by atomic mass is 19.4. The normalized spacial score (nSPS) is 15.4. The number of nitrogens with zero attached hydrogens (tertiary/aromatic N) is 4. The summed E-state index contributed by atoms with van der Waals surface area (Å²) >= 11 is 0. The Labute approximate surface area is 227 Å². The van der Waals surface area contributed by atoms with Gasteiger partial charge in [-0.25, -0.2) is 19.4 Å². The Balaban J connectivity index is 1.66. The molecular weight excluding hydrogens is 529 g/mol. The van der Waals surface area contributed by atoms with Gasteiger partial charge in [0.05, 0.1) is 18.2 Å². The maximum absolute atomic E-state index is 13.0. The van der Waals surface area contributed by atoms with Gasteiger partial charge in [-0.05, 0) is 56.5 Å². The Morgan fingerprint density at radius 3 is 2.58 bits per heavy atom.